The third-order valence-corrected chi connectivity index (χ3v) is 4.88. The first kappa shape index (κ1) is 24.0. The van der Waals surface area contributed by atoms with Gasteiger partial charge in [-0.2, -0.15) is 0 Å². The molecular formula is C26H30N2O5. The molecule has 0 saturated carbocycles. The molecule has 2 aromatic carbocycles. The summed E-state index contributed by atoms with van der Waals surface area (Å²) in [4.78, 5) is 30.4. The minimum Gasteiger partial charge on any atom is -0.487 e. The maximum Gasteiger partial charge on any atom is 0.414 e. The van der Waals surface area contributed by atoms with Crippen LogP contribution >= 0.6 is 0 Å². The third-order valence-electron chi connectivity index (χ3n) is 4.88. The summed E-state index contributed by atoms with van der Waals surface area (Å²) in [5, 5.41) is 9.99. The topological polar surface area (TPSA) is 89.0 Å². The molecule has 33 heavy (non-hydrogen) atoms. The number of aromatic carboxylic acids is 1. The number of amides is 1. The summed E-state index contributed by atoms with van der Waals surface area (Å²) in [7, 11) is 0. The maximum atomic E-state index is 13.0. The molecule has 3 rings (SSSR count). The molecule has 3 aromatic rings. The lowest BCUT2D eigenvalue weighted by atomic mass is 10.1. The van der Waals surface area contributed by atoms with Gasteiger partial charge in [0.1, 0.15) is 23.5 Å². The molecule has 0 aliphatic carbocycles. The molecule has 0 fully saturated rings. The Hall–Kier alpha value is -3.61. The number of ether oxygens (including phenoxy) is 2. The number of hydrogen-bond donors (Lipinski definition) is 1. The van der Waals surface area contributed by atoms with Crippen molar-refractivity contribution in [2.75, 3.05) is 11.4 Å². The van der Waals surface area contributed by atoms with Crippen LogP contribution in [0.5, 0.6) is 5.75 Å². The van der Waals surface area contributed by atoms with Crippen molar-refractivity contribution in [1.82, 2.24) is 4.98 Å². The summed E-state index contributed by atoms with van der Waals surface area (Å²) < 4.78 is 11.7. The second-order valence-corrected chi connectivity index (χ2v) is 8.80. The molecule has 7 nitrogen and oxygen atoms in total. The maximum absolute atomic E-state index is 13.0. The summed E-state index contributed by atoms with van der Waals surface area (Å²) in [6, 6.07) is 14.8. The third kappa shape index (κ3) is 6.44. The van der Waals surface area contributed by atoms with Gasteiger partial charge < -0.3 is 14.6 Å². The molecule has 0 aliphatic heterocycles. The zero-order valence-corrected chi connectivity index (χ0v) is 19.5. The van der Waals surface area contributed by atoms with E-state index in [1.54, 1.807) is 17.0 Å². The molecular weight excluding hydrogens is 420 g/mol. The van der Waals surface area contributed by atoms with E-state index in [0.717, 1.165) is 18.4 Å². The minimum absolute atomic E-state index is 0.0611. The smallest absolute Gasteiger partial charge is 0.414 e. The standard InChI is InChI=1S/C26H30N2O5/c1-5-6-12-28(25(31)33-26(2,3)4)21-14-19-13-20(24(29)30)16-27-23(19)22(15-21)32-17-18-10-8-7-9-11-18/h7-11,13-16H,5-6,12,17H2,1-4H3,(H,29,30). The number of hydrogen-bond acceptors (Lipinski definition) is 5. The number of carbonyl (C=O) groups is 2. The monoisotopic (exact) mass is 450 g/mol. The van der Waals surface area contributed by atoms with E-state index >= 15 is 0 Å². The summed E-state index contributed by atoms with van der Waals surface area (Å²) in [6.07, 6.45) is 2.52. The van der Waals surface area contributed by atoms with Gasteiger partial charge in [0.05, 0.1) is 11.3 Å². The van der Waals surface area contributed by atoms with Crippen LogP contribution in [-0.4, -0.2) is 34.3 Å². The van der Waals surface area contributed by atoms with Gasteiger partial charge in [0.25, 0.3) is 0 Å². The van der Waals surface area contributed by atoms with Gasteiger partial charge in [-0.05, 0) is 44.9 Å². The Kier molecular flexibility index (Phi) is 7.53. The van der Waals surface area contributed by atoms with E-state index in [1.165, 1.54) is 12.3 Å². The fourth-order valence-electron chi connectivity index (χ4n) is 3.28. The van der Waals surface area contributed by atoms with Gasteiger partial charge in [0, 0.05) is 24.2 Å². The zero-order valence-electron chi connectivity index (χ0n) is 19.5. The van der Waals surface area contributed by atoms with E-state index in [0.29, 0.717) is 35.5 Å². The van der Waals surface area contributed by atoms with Crippen molar-refractivity contribution in [2.45, 2.75) is 52.7 Å². The molecule has 0 radical (unpaired) electrons. The van der Waals surface area contributed by atoms with Crippen molar-refractivity contribution in [3.05, 3.63) is 65.9 Å². The van der Waals surface area contributed by atoms with Gasteiger partial charge in [0.2, 0.25) is 0 Å². The van der Waals surface area contributed by atoms with Crippen LogP contribution in [0.3, 0.4) is 0 Å². The van der Waals surface area contributed by atoms with Gasteiger partial charge in [0.15, 0.2) is 0 Å². The molecule has 0 atom stereocenters. The lowest BCUT2D eigenvalue weighted by Gasteiger charge is -2.28. The number of carbonyl (C=O) groups excluding carboxylic acids is 1. The highest BCUT2D eigenvalue weighted by Gasteiger charge is 2.24. The SMILES string of the molecule is CCCCN(C(=O)OC(C)(C)C)c1cc(OCc2ccccc2)c2ncc(C(=O)O)cc2c1. The number of carboxylic acid groups (broad SMARTS) is 1. The first-order valence-corrected chi connectivity index (χ1v) is 11.0. The number of nitrogens with zero attached hydrogens (tertiary/aromatic N) is 2. The number of benzene rings is 2. The van der Waals surface area contributed by atoms with Crippen LogP contribution in [0.2, 0.25) is 0 Å². The number of pyridine rings is 1. The van der Waals surface area contributed by atoms with E-state index < -0.39 is 17.7 Å². The van der Waals surface area contributed by atoms with Crippen LogP contribution in [0.25, 0.3) is 10.9 Å². The molecule has 0 saturated heterocycles. The minimum atomic E-state index is -1.07. The van der Waals surface area contributed by atoms with Gasteiger partial charge in [-0.1, -0.05) is 43.7 Å². The van der Waals surface area contributed by atoms with Crippen molar-refractivity contribution < 1.29 is 24.2 Å². The van der Waals surface area contributed by atoms with Gasteiger partial charge in [-0.15, -0.1) is 0 Å². The molecule has 0 bridgehead atoms. The number of anilines is 1. The normalized spacial score (nSPS) is 11.3. The van der Waals surface area contributed by atoms with Crippen molar-refractivity contribution >= 4 is 28.7 Å². The Labute approximate surface area is 194 Å². The zero-order chi connectivity index (χ0) is 24.0. The first-order chi connectivity index (χ1) is 15.7. The molecule has 1 amide bonds. The Morgan fingerprint density at radius 3 is 2.45 bits per heavy atom. The second-order valence-electron chi connectivity index (χ2n) is 8.80. The van der Waals surface area contributed by atoms with Crippen LogP contribution in [0.1, 0.15) is 56.5 Å². The molecule has 1 heterocycles. The summed E-state index contributed by atoms with van der Waals surface area (Å²) in [5.41, 5.74) is 1.49. The van der Waals surface area contributed by atoms with E-state index in [2.05, 4.69) is 4.98 Å². The summed E-state index contributed by atoms with van der Waals surface area (Å²) in [5.74, 6) is -0.607. The van der Waals surface area contributed by atoms with Crippen LogP contribution < -0.4 is 9.64 Å². The molecule has 0 aliphatic rings. The van der Waals surface area contributed by atoms with Crippen molar-refractivity contribution in [1.29, 1.82) is 0 Å². The number of unbranched alkanes of at least 4 members (excludes halogenated alkanes) is 1. The van der Waals surface area contributed by atoms with E-state index in [4.69, 9.17) is 9.47 Å². The average molecular weight is 451 g/mol. The largest absolute Gasteiger partial charge is 0.487 e. The van der Waals surface area contributed by atoms with E-state index in [9.17, 15) is 14.7 Å². The Balaban J connectivity index is 2.07. The number of rotatable bonds is 8. The van der Waals surface area contributed by atoms with Crippen molar-refractivity contribution in [3.63, 3.8) is 0 Å². The predicted octanol–water partition coefficient (Wildman–Crippen LogP) is 6.05. The lowest BCUT2D eigenvalue weighted by Crippen LogP contribution is -2.37. The van der Waals surface area contributed by atoms with Gasteiger partial charge in [-0.25, -0.2) is 9.59 Å². The van der Waals surface area contributed by atoms with Crippen LogP contribution in [0.4, 0.5) is 10.5 Å². The van der Waals surface area contributed by atoms with Gasteiger partial charge in [-0.3, -0.25) is 9.88 Å². The molecule has 1 N–H and O–H groups in total. The van der Waals surface area contributed by atoms with Crippen molar-refractivity contribution in [3.8, 4) is 5.75 Å². The Morgan fingerprint density at radius 2 is 1.82 bits per heavy atom. The number of fused-ring (bicyclic) bond motifs is 1. The highest BCUT2D eigenvalue weighted by atomic mass is 16.6. The second kappa shape index (κ2) is 10.3. The summed E-state index contributed by atoms with van der Waals surface area (Å²) >= 11 is 0. The molecule has 174 valence electrons. The van der Waals surface area contributed by atoms with Crippen LogP contribution in [-0.2, 0) is 11.3 Å². The lowest BCUT2D eigenvalue weighted by molar-refractivity contribution is 0.0579. The Bertz CT molecular complexity index is 1120. The fourth-order valence-corrected chi connectivity index (χ4v) is 3.28. The molecule has 0 unspecified atom stereocenters. The van der Waals surface area contributed by atoms with Gasteiger partial charge >= 0.3 is 12.1 Å². The molecule has 7 heteroatoms. The average Bonchev–Trinajstić information content (AvgIpc) is 2.76. The quantitative estimate of drug-likeness (QED) is 0.449. The first-order valence-electron chi connectivity index (χ1n) is 11.0. The van der Waals surface area contributed by atoms with Crippen LogP contribution in [0, 0.1) is 0 Å². The highest BCUT2D eigenvalue weighted by molar-refractivity contribution is 5.98. The summed E-state index contributed by atoms with van der Waals surface area (Å²) in [6.45, 7) is 8.28. The Morgan fingerprint density at radius 1 is 1.09 bits per heavy atom. The fraction of sp³-hybridized carbons (Fsp3) is 0.346. The predicted molar refractivity (Wildman–Crippen MR) is 128 cm³/mol. The van der Waals surface area contributed by atoms with E-state index in [1.807, 2.05) is 58.0 Å². The molecule has 1 aromatic heterocycles. The van der Waals surface area contributed by atoms with Crippen molar-refractivity contribution in [2.24, 2.45) is 0 Å². The number of aromatic nitrogens is 1. The van der Waals surface area contributed by atoms with Crippen LogP contribution in [0.15, 0.2) is 54.7 Å². The van der Waals surface area contributed by atoms with E-state index in [-0.39, 0.29) is 5.56 Å². The number of carboxylic acids is 1. The molecule has 0 spiro atoms. The highest BCUT2D eigenvalue weighted by Crippen LogP contribution is 2.33.